The summed E-state index contributed by atoms with van der Waals surface area (Å²) in [6.07, 6.45) is 0.504. The van der Waals surface area contributed by atoms with Gasteiger partial charge < -0.3 is 20.1 Å². The number of nitrogens with zero attached hydrogens (tertiary/aromatic N) is 1. The van der Waals surface area contributed by atoms with Crippen molar-refractivity contribution in [1.82, 2.24) is 10.2 Å². The van der Waals surface area contributed by atoms with Crippen LogP contribution in [0.1, 0.15) is 24.4 Å². The first kappa shape index (κ1) is 14.2. The molecule has 1 aromatic rings. The van der Waals surface area contributed by atoms with Crippen molar-refractivity contribution >= 4 is 12.0 Å². The Bertz CT molecular complexity index is 504. The number of hydrogen-bond acceptors (Lipinski definition) is 3. The van der Waals surface area contributed by atoms with Gasteiger partial charge in [0.15, 0.2) is 0 Å². The van der Waals surface area contributed by atoms with E-state index in [0.29, 0.717) is 19.6 Å². The number of amides is 2. The van der Waals surface area contributed by atoms with Gasteiger partial charge in [-0.3, -0.25) is 4.79 Å². The van der Waals surface area contributed by atoms with Crippen LogP contribution >= 0.6 is 0 Å². The van der Waals surface area contributed by atoms with E-state index in [1.165, 1.54) is 4.90 Å². The van der Waals surface area contributed by atoms with Crippen LogP contribution in [-0.2, 0) is 4.79 Å². The molecule has 1 aliphatic rings. The third-order valence-corrected chi connectivity index (χ3v) is 3.23. The van der Waals surface area contributed by atoms with Crippen LogP contribution in [0.2, 0.25) is 0 Å². The lowest BCUT2D eigenvalue weighted by Crippen LogP contribution is -2.40. The molecule has 0 saturated carbocycles. The van der Waals surface area contributed by atoms with E-state index in [1.54, 1.807) is 7.05 Å². The van der Waals surface area contributed by atoms with Crippen molar-refractivity contribution in [2.24, 2.45) is 0 Å². The van der Waals surface area contributed by atoms with Crippen molar-refractivity contribution in [2.75, 3.05) is 20.2 Å². The van der Waals surface area contributed by atoms with Crippen LogP contribution in [0, 0.1) is 0 Å². The fourth-order valence-corrected chi connectivity index (χ4v) is 2.11. The highest BCUT2D eigenvalue weighted by Crippen LogP contribution is 2.31. The second-order valence-electron chi connectivity index (χ2n) is 4.77. The first-order chi connectivity index (χ1) is 9.58. The van der Waals surface area contributed by atoms with Gasteiger partial charge >= 0.3 is 12.0 Å². The number of para-hydroxylation sites is 1. The van der Waals surface area contributed by atoms with Gasteiger partial charge in [0, 0.05) is 25.6 Å². The molecule has 0 bridgehead atoms. The maximum atomic E-state index is 12.0. The van der Waals surface area contributed by atoms with Crippen LogP contribution in [0.5, 0.6) is 5.75 Å². The van der Waals surface area contributed by atoms with Crippen molar-refractivity contribution in [2.45, 2.75) is 18.9 Å². The Morgan fingerprint density at radius 3 is 2.95 bits per heavy atom. The van der Waals surface area contributed by atoms with E-state index < -0.39 is 5.97 Å². The van der Waals surface area contributed by atoms with Crippen molar-refractivity contribution in [3.63, 3.8) is 0 Å². The summed E-state index contributed by atoms with van der Waals surface area (Å²) in [5, 5.41) is 11.5. The molecule has 6 heteroatoms. The molecular weight excluding hydrogens is 260 g/mol. The molecule has 1 heterocycles. The second-order valence-corrected chi connectivity index (χ2v) is 4.77. The number of carboxylic acids is 1. The molecule has 20 heavy (non-hydrogen) atoms. The van der Waals surface area contributed by atoms with Crippen LogP contribution in [0.15, 0.2) is 24.3 Å². The number of benzene rings is 1. The van der Waals surface area contributed by atoms with E-state index in [-0.39, 0.29) is 18.5 Å². The largest absolute Gasteiger partial charge is 0.491 e. The molecule has 2 N–H and O–H groups in total. The maximum absolute atomic E-state index is 12.0. The third-order valence-electron chi connectivity index (χ3n) is 3.23. The lowest BCUT2D eigenvalue weighted by atomic mass is 10.1. The lowest BCUT2D eigenvalue weighted by Gasteiger charge is -2.20. The summed E-state index contributed by atoms with van der Waals surface area (Å²) in [6.45, 7) is 0.835. The molecule has 1 atom stereocenters. The smallest absolute Gasteiger partial charge is 0.317 e. The van der Waals surface area contributed by atoms with Gasteiger partial charge in [-0.2, -0.15) is 0 Å². The highest BCUT2D eigenvalue weighted by atomic mass is 16.5. The average Bonchev–Trinajstić information content (AvgIpc) is 2.81. The first-order valence-electron chi connectivity index (χ1n) is 6.53. The molecule has 0 radical (unpaired) electrons. The van der Waals surface area contributed by atoms with Crippen molar-refractivity contribution in [3.05, 3.63) is 29.8 Å². The van der Waals surface area contributed by atoms with E-state index in [9.17, 15) is 9.59 Å². The molecule has 2 amide bonds. The van der Waals surface area contributed by atoms with Crippen LogP contribution in [0.25, 0.3) is 0 Å². The number of carbonyl (C=O) groups excluding carboxylic acids is 1. The van der Waals surface area contributed by atoms with Crippen LogP contribution in [0.4, 0.5) is 4.79 Å². The quantitative estimate of drug-likeness (QED) is 0.858. The number of hydrogen-bond donors (Lipinski definition) is 2. The summed E-state index contributed by atoms with van der Waals surface area (Å²) in [4.78, 5) is 23.9. The monoisotopic (exact) mass is 278 g/mol. The highest BCUT2D eigenvalue weighted by molar-refractivity contribution is 5.75. The molecule has 1 aliphatic heterocycles. The summed E-state index contributed by atoms with van der Waals surface area (Å²) >= 11 is 0. The Labute approximate surface area is 117 Å². The zero-order valence-electron chi connectivity index (χ0n) is 11.3. The lowest BCUT2D eigenvalue weighted by molar-refractivity contribution is -0.137. The molecule has 0 aliphatic carbocycles. The Morgan fingerprint density at radius 2 is 2.20 bits per heavy atom. The number of carbonyl (C=O) groups is 2. The fraction of sp³-hybridized carbons (Fsp3) is 0.429. The molecule has 0 saturated heterocycles. The predicted octanol–water partition coefficient (Wildman–Crippen LogP) is 1.63. The number of urea groups is 1. The Kier molecular flexibility index (Phi) is 4.45. The highest BCUT2D eigenvalue weighted by Gasteiger charge is 2.25. The summed E-state index contributed by atoms with van der Waals surface area (Å²) in [5.74, 6) is -0.0525. The third kappa shape index (κ3) is 3.40. The van der Waals surface area contributed by atoms with Gasteiger partial charge in [-0.05, 0) is 12.5 Å². The predicted molar refractivity (Wildman–Crippen MR) is 72.7 cm³/mol. The van der Waals surface area contributed by atoms with Gasteiger partial charge in [0.1, 0.15) is 12.4 Å². The van der Waals surface area contributed by atoms with E-state index in [0.717, 1.165) is 11.3 Å². The zero-order valence-corrected chi connectivity index (χ0v) is 11.3. The second kappa shape index (κ2) is 6.27. The molecule has 2 rings (SSSR count). The van der Waals surface area contributed by atoms with Crippen molar-refractivity contribution < 1.29 is 19.4 Å². The van der Waals surface area contributed by atoms with E-state index in [2.05, 4.69) is 5.32 Å². The molecule has 108 valence electrons. The van der Waals surface area contributed by atoms with E-state index in [4.69, 9.17) is 9.84 Å². The Hall–Kier alpha value is -2.24. The molecule has 0 fully saturated rings. The van der Waals surface area contributed by atoms with E-state index >= 15 is 0 Å². The van der Waals surface area contributed by atoms with E-state index in [1.807, 2.05) is 24.3 Å². The molecule has 1 unspecified atom stereocenters. The number of rotatable bonds is 5. The molecule has 6 nitrogen and oxygen atoms in total. The first-order valence-corrected chi connectivity index (χ1v) is 6.53. The summed E-state index contributed by atoms with van der Waals surface area (Å²) in [6, 6.07) is 7.22. The number of carboxylic acid groups (broad SMARTS) is 1. The molecule has 1 aromatic carbocycles. The minimum absolute atomic E-state index is 0.0625. The average molecular weight is 278 g/mol. The van der Waals surface area contributed by atoms with Crippen LogP contribution < -0.4 is 10.1 Å². The zero-order chi connectivity index (χ0) is 14.5. The summed E-state index contributed by atoms with van der Waals surface area (Å²) < 4.78 is 5.49. The number of ether oxygens (including phenoxy) is 1. The molecule has 0 spiro atoms. The summed E-state index contributed by atoms with van der Waals surface area (Å²) in [5.41, 5.74) is 0.972. The van der Waals surface area contributed by atoms with Crippen molar-refractivity contribution in [1.29, 1.82) is 0 Å². The van der Waals surface area contributed by atoms with Crippen molar-refractivity contribution in [3.8, 4) is 5.75 Å². The minimum Gasteiger partial charge on any atom is -0.491 e. The number of aliphatic carboxylic acids is 1. The summed E-state index contributed by atoms with van der Waals surface area (Å²) in [7, 11) is 1.65. The maximum Gasteiger partial charge on any atom is 0.317 e. The van der Waals surface area contributed by atoms with Gasteiger partial charge in [0.2, 0.25) is 0 Å². The van der Waals surface area contributed by atoms with Gasteiger partial charge in [-0.1, -0.05) is 18.2 Å². The fourth-order valence-electron chi connectivity index (χ4n) is 2.11. The number of fused-ring (bicyclic) bond motifs is 1. The minimum atomic E-state index is -0.850. The van der Waals surface area contributed by atoms with Gasteiger partial charge in [0.05, 0.1) is 6.04 Å². The van der Waals surface area contributed by atoms with Crippen LogP contribution in [0.3, 0.4) is 0 Å². The number of nitrogens with one attached hydrogen (secondary N) is 1. The Morgan fingerprint density at radius 1 is 1.45 bits per heavy atom. The molecular formula is C14H18N2O4. The SMILES string of the molecule is CN(CCCC(=O)O)C(=O)NC1COc2ccccc21. The molecule has 0 aromatic heterocycles. The van der Waals surface area contributed by atoms with Gasteiger partial charge in [-0.25, -0.2) is 4.79 Å². The van der Waals surface area contributed by atoms with Gasteiger partial charge in [-0.15, -0.1) is 0 Å². The normalized spacial score (nSPS) is 16.1. The topological polar surface area (TPSA) is 78.9 Å². The Balaban J connectivity index is 1.84. The van der Waals surface area contributed by atoms with Crippen LogP contribution in [-0.4, -0.2) is 42.2 Å². The van der Waals surface area contributed by atoms with Gasteiger partial charge in [0.25, 0.3) is 0 Å². The standard InChI is InChI=1S/C14H18N2O4/c1-16(8-4-7-13(17)18)14(19)15-11-9-20-12-6-3-2-5-10(11)12/h2-3,5-6,11H,4,7-9H2,1H3,(H,15,19)(H,17,18).